The molecule has 1 heterocycles. The van der Waals surface area contributed by atoms with E-state index in [4.69, 9.17) is 17.4 Å². The third-order valence-electron chi connectivity index (χ3n) is 3.13. The largest absolute Gasteiger partial charge is 0.271 e. The molecular formula is C13H16ClIN4. The normalized spacial score (nSPS) is 12.7. The van der Waals surface area contributed by atoms with Crippen molar-refractivity contribution in [3.63, 3.8) is 0 Å². The van der Waals surface area contributed by atoms with Crippen molar-refractivity contribution in [1.29, 1.82) is 0 Å². The number of nitrogens with zero attached hydrogens (tertiary/aromatic N) is 2. The highest BCUT2D eigenvalue weighted by atomic mass is 127. The quantitative estimate of drug-likeness (QED) is 0.479. The Hall–Kier alpha value is -0.630. The zero-order chi connectivity index (χ0) is 14.0. The highest BCUT2D eigenvalue weighted by molar-refractivity contribution is 14.1. The van der Waals surface area contributed by atoms with Gasteiger partial charge in [0.15, 0.2) is 0 Å². The van der Waals surface area contributed by atoms with Gasteiger partial charge in [-0.1, -0.05) is 23.7 Å². The lowest BCUT2D eigenvalue weighted by Crippen LogP contribution is -2.29. The molecule has 1 atom stereocenters. The minimum Gasteiger partial charge on any atom is -0.271 e. The maximum Gasteiger partial charge on any atom is 0.130 e. The molecule has 1 aromatic heterocycles. The fourth-order valence-corrected chi connectivity index (χ4v) is 2.93. The molecular weight excluding hydrogens is 375 g/mol. The van der Waals surface area contributed by atoms with E-state index in [0.717, 1.165) is 23.2 Å². The number of benzene rings is 1. The van der Waals surface area contributed by atoms with Crippen LogP contribution in [0.3, 0.4) is 0 Å². The Labute approximate surface area is 131 Å². The van der Waals surface area contributed by atoms with E-state index >= 15 is 0 Å². The Kier molecular flexibility index (Phi) is 4.83. The van der Waals surface area contributed by atoms with Gasteiger partial charge in [0.05, 0.1) is 11.7 Å². The van der Waals surface area contributed by atoms with Gasteiger partial charge in [-0.15, -0.1) is 0 Å². The van der Waals surface area contributed by atoms with Crippen molar-refractivity contribution in [1.82, 2.24) is 15.2 Å². The van der Waals surface area contributed by atoms with Crippen LogP contribution in [-0.4, -0.2) is 9.78 Å². The van der Waals surface area contributed by atoms with Gasteiger partial charge in [0.2, 0.25) is 0 Å². The summed E-state index contributed by atoms with van der Waals surface area (Å²) in [5.41, 5.74) is 5.98. The summed E-state index contributed by atoms with van der Waals surface area (Å²) < 4.78 is 2.87. The van der Waals surface area contributed by atoms with Gasteiger partial charge in [0.1, 0.15) is 5.15 Å². The fourth-order valence-electron chi connectivity index (χ4n) is 2.11. The number of aryl methyl sites for hydroxylation is 2. The molecule has 0 aliphatic rings. The van der Waals surface area contributed by atoms with Crippen molar-refractivity contribution >= 4 is 34.2 Å². The smallest absolute Gasteiger partial charge is 0.130 e. The van der Waals surface area contributed by atoms with E-state index in [0.29, 0.717) is 5.15 Å². The lowest BCUT2D eigenvalue weighted by molar-refractivity contribution is 0.550. The van der Waals surface area contributed by atoms with Gasteiger partial charge < -0.3 is 0 Å². The molecule has 2 rings (SSSR count). The second-order valence-electron chi connectivity index (χ2n) is 4.46. The topological polar surface area (TPSA) is 55.9 Å². The van der Waals surface area contributed by atoms with Crippen LogP contribution in [0, 0.1) is 10.5 Å². The van der Waals surface area contributed by atoms with E-state index in [9.17, 15) is 0 Å². The van der Waals surface area contributed by atoms with Gasteiger partial charge in [-0.2, -0.15) is 5.10 Å². The second kappa shape index (κ2) is 6.21. The van der Waals surface area contributed by atoms with Gasteiger partial charge in [-0.3, -0.25) is 16.0 Å². The van der Waals surface area contributed by atoms with Crippen molar-refractivity contribution in [2.75, 3.05) is 0 Å². The molecule has 0 aliphatic heterocycles. The van der Waals surface area contributed by atoms with Crippen LogP contribution in [0.4, 0.5) is 0 Å². The molecule has 0 radical (unpaired) electrons. The van der Waals surface area contributed by atoms with E-state index < -0.39 is 0 Å². The van der Waals surface area contributed by atoms with Gasteiger partial charge in [0, 0.05) is 16.2 Å². The number of halogens is 2. The molecule has 1 unspecified atom stereocenters. The number of hydrogen-bond acceptors (Lipinski definition) is 3. The van der Waals surface area contributed by atoms with Crippen LogP contribution in [0.5, 0.6) is 0 Å². The molecule has 0 amide bonds. The Bertz CT molecular complexity index is 582. The maximum atomic E-state index is 6.26. The van der Waals surface area contributed by atoms with Crippen molar-refractivity contribution in [2.45, 2.75) is 19.4 Å². The number of nitrogens with two attached hydrogens (primary N) is 1. The van der Waals surface area contributed by atoms with Gasteiger partial charge in [0.25, 0.3) is 0 Å². The molecule has 2 aromatic rings. The first-order valence-electron chi connectivity index (χ1n) is 5.92. The number of aromatic nitrogens is 2. The third-order valence-corrected chi connectivity index (χ3v) is 4.27. The van der Waals surface area contributed by atoms with E-state index in [1.165, 1.54) is 3.57 Å². The summed E-state index contributed by atoms with van der Waals surface area (Å²) >= 11 is 8.56. The van der Waals surface area contributed by atoms with Crippen LogP contribution in [0.25, 0.3) is 0 Å². The zero-order valence-electron chi connectivity index (χ0n) is 10.8. The summed E-state index contributed by atoms with van der Waals surface area (Å²) in [5, 5.41) is 4.99. The SMILES string of the molecule is Cc1nn(C)c(Cl)c1CC(NN)c1cccc(I)c1. The number of hydrazine groups is 1. The Morgan fingerprint density at radius 1 is 1.53 bits per heavy atom. The fraction of sp³-hybridized carbons (Fsp3) is 0.308. The number of hydrogen-bond donors (Lipinski definition) is 2. The van der Waals surface area contributed by atoms with Crippen molar-refractivity contribution < 1.29 is 0 Å². The molecule has 0 aliphatic carbocycles. The molecule has 4 nitrogen and oxygen atoms in total. The molecule has 102 valence electrons. The van der Waals surface area contributed by atoms with Gasteiger partial charge in [-0.05, 0) is 53.6 Å². The predicted octanol–water partition coefficient (Wildman–Crippen LogP) is 2.73. The summed E-state index contributed by atoms with van der Waals surface area (Å²) in [6.07, 6.45) is 0.717. The van der Waals surface area contributed by atoms with Gasteiger partial charge in [-0.25, -0.2) is 0 Å². The first-order valence-corrected chi connectivity index (χ1v) is 7.38. The molecule has 0 spiro atoms. The van der Waals surface area contributed by atoms with Crippen LogP contribution in [0.15, 0.2) is 24.3 Å². The molecule has 19 heavy (non-hydrogen) atoms. The van der Waals surface area contributed by atoms with Crippen LogP contribution in [0.2, 0.25) is 5.15 Å². The van der Waals surface area contributed by atoms with E-state index in [1.807, 2.05) is 20.0 Å². The Morgan fingerprint density at radius 3 is 2.79 bits per heavy atom. The monoisotopic (exact) mass is 390 g/mol. The summed E-state index contributed by atoms with van der Waals surface area (Å²) in [6.45, 7) is 1.96. The van der Waals surface area contributed by atoms with Crippen LogP contribution >= 0.6 is 34.2 Å². The van der Waals surface area contributed by atoms with Crippen molar-refractivity contribution in [3.8, 4) is 0 Å². The average molecular weight is 391 g/mol. The van der Waals surface area contributed by atoms with Crippen LogP contribution < -0.4 is 11.3 Å². The molecule has 0 fully saturated rings. The molecule has 0 saturated carbocycles. The second-order valence-corrected chi connectivity index (χ2v) is 6.06. The number of nitrogens with one attached hydrogen (secondary N) is 1. The lowest BCUT2D eigenvalue weighted by atomic mass is 10.00. The lowest BCUT2D eigenvalue weighted by Gasteiger charge is -2.16. The standard InChI is InChI=1S/C13H16ClIN4/c1-8-11(13(14)19(2)18-8)7-12(17-16)9-4-3-5-10(15)6-9/h3-6,12,17H,7,16H2,1-2H3. The van der Waals surface area contributed by atoms with Crippen molar-refractivity contribution in [3.05, 3.63) is 49.8 Å². The minimum atomic E-state index is 0.0233. The van der Waals surface area contributed by atoms with Crippen LogP contribution in [-0.2, 0) is 13.5 Å². The third kappa shape index (κ3) is 3.28. The first kappa shape index (κ1) is 14.8. The van der Waals surface area contributed by atoms with E-state index in [2.05, 4.69) is 51.3 Å². The van der Waals surface area contributed by atoms with E-state index in [-0.39, 0.29) is 6.04 Å². The summed E-state index contributed by atoms with van der Waals surface area (Å²) in [6, 6.07) is 8.28. The molecule has 1 aromatic carbocycles. The predicted molar refractivity (Wildman–Crippen MR) is 85.9 cm³/mol. The maximum absolute atomic E-state index is 6.26. The Morgan fingerprint density at radius 2 is 2.26 bits per heavy atom. The van der Waals surface area contributed by atoms with Gasteiger partial charge >= 0.3 is 0 Å². The zero-order valence-corrected chi connectivity index (χ0v) is 13.7. The molecule has 0 saturated heterocycles. The van der Waals surface area contributed by atoms with E-state index in [1.54, 1.807) is 4.68 Å². The summed E-state index contributed by atoms with van der Waals surface area (Å²) in [4.78, 5) is 0. The molecule has 6 heteroatoms. The average Bonchev–Trinajstić information content (AvgIpc) is 2.61. The Balaban J connectivity index is 2.29. The highest BCUT2D eigenvalue weighted by Gasteiger charge is 2.17. The van der Waals surface area contributed by atoms with Crippen LogP contribution in [0.1, 0.15) is 22.9 Å². The summed E-state index contributed by atoms with van der Waals surface area (Å²) in [5.74, 6) is 5.69. The highest BCUT2D eigenvalue weighted by Crippen LogP contribution is 2.26. The molecule has 0 bridgehead atoms. The van der Waals surface area contributed by atoms with Crippen molar-refractivity contribution in [2.24, 2.45) is 12.9 Å². The minimum absolute atomic E-state index is 0.0233. The summed E-state index contributed by atoms with van der Waals surface area (Å²) in [7, 11) is 1.84. The first-order chi connectivity index (χ1) is 9.02. The number of rotatable bonds is 4. The molecule has 3 N–H and O–H groups in total.